The van der Waals surface area contributed by atoms with Gasteiger partial charge in [-0.15, -0.1) is 0 Å². The van der Waals surface area contributed by atoms with E-state index in [2.05, 4.69) is 35.6 Å². The summed E-state index contributed by atoms with van der Waals surface area (Å²) < 4.78 is 0. The molecule has 3 rings (SSSR count). The van der Waals surface area contributed by atoms with Crippen molar-refractivity contribution in [2.24, 2.45) is 5.73 Å². The average Bonchev–Trinajstić information content (AvgIpc) is 2.58. The minimum atomic E-state index is 0.228. The normalized spacial score (nSPS) is 31.2. The van der Waals surface area contributed by atoms with E-state index in [1.807, 2.05) is 0 Å². The highest BCUT2D eigenvalue weighted by atomic mass is 15.0. The predicted molar refractivity (Wildman–Crippen MR) is 89.4 cm³/mol. The monoisotopic (exact) mass is 286 g/mol. The first kappa shape index (κ1) is 15.1. The Morgan fingerprint density at radius 2 is 1.52 bits per heavy atom. The van der Waals surface area contributed by atoms with Gasteiger partial charge in [0.1, 0.15) is 0 Å². The zero-order valence-corrected chi connectivity index (χ0v) is 13.2. The molecule has 0 saturated heterocycles. The van der Waals surface area contributed by atoms with Crippen molar-refractivity contribution < 1.29 is 0 Å². The second kappa shape index (κ2) is 6.93. The van der Waals surface area contributed by atoms with Gasteiger partial charge in [0.25, 0.3) is 0 Å². The van der Waals surface area contributed by atoms with Gasteiger partial charge in [-0.3, -0.25) is 0 Å². The van der Waals surface area contributed by atoms with Crippen LogP contribution in [0.5, 0.6) is 0 Å². The minimum Gasteiger partial charge on any atom is -0.330 e. The minimum absolute atomic E-state index is 0.228. The van der Waals surface area contributed by atoms with Crippen molar-refractivity contribution in [3.63, 3.8) is 0 Å². The lowest BCUT2D eigenvalue weighted by Crippen LogP contribution is -2.46. The van der Waals surface area contributed by atoms with E-state index in [4.69, 9.17) is 5.73 Å². The predicted octanol–water partition coefficient (Wildman–Crippen LogP) is 3.75. The first-order chi connectivity index (χ1) is 10.3. The fourth-order valence-electron chi connectivity index (χ4n) is 4.34. The molecule has 116 valence electrons. The van der Waals surface area contributed by atoms with E-state index in [1.165, 1.54) is 63.4 Å². The van der Waals surface area contributed by atoms with Crippen LogP contribution < -0.4 is 11.1 Å². The van der Waals surface area contributed by atoms with Gasteiger partial charge in [-0.25, -0.2) is 0 Å². The number of hydrogen-bond donors (Lipinski definition) is 2. The summed E-state index contributed by atoms with van der Waals surface area (Å²) in [6.45, 7) is 0.785. The van der Waals surface area contributed by atoms with Crippen LogP contribution in [0.15, 0.2) is 30.3 Å². The third-order valence-electron chi connectivity index (χ3n) is 5.80. The van der Waals surface area contributed by atoms with Gasteiger partial charge in [0.05, 0.1) is 0 Å². The third kappa shape index (κ3) is 3.49. The molecule has 0 atom stereocenters. The van der Waals surface area contributed by atoms with Crippen molar-refractivity contribution in [1.82, 2.24) is 5.32 Å². The van der Waals surface area contributed by atoms with E-state index < -0.39 is 0 Å². The summed E-state index contributed by atoms with van der Waals surface area (Å²) in [5, 5.41) is 3.93. The molecule has 2 saturated carbocycles. The molecule has 0 spiro atoms. The second-order valence-electron chi connectivity index (χ2n) is 7.13. The first-order valence-electron chi connectivity index (χ1n) is 8.84. The van der Waals surface area contributed by atoms with Crippen molar-refractivity contribution in [1.29, 1.82) is 0 Å². The van der Waals surface area contributed by atoms with Crippen LogP contribution in [0.4, 0.5) is 0 Å². The van der Waals surface area contributed by atoms with E-state index in [-0.39, 0.29) is 5.41 Å². The summed E-state index contributed by atoms with van der Waals surface area (Å²) in [5.74, 6) is 0. The summed E-state index contributed by atoms with van der Waals surface area (Å²) in [6, 6.07) is 12.4. The average molecular weight is 286 g/mol. The molecule has 0 aromatic heterocycles. The number of nitrogens with one attached hydrogen (secondary N) is 1. The molecule has 3 N–H and O–H groups in total. The fraction of sp³-hybridized carbons (Fsp3) is 0.684. The molecule has 0 amide bonds. The van der Waals surface area contributed by atoms with Gasteiger partial charge in [-0.2, -0.15) is 0 Å². The third-order valence-corrected chi connectivity index (χ3v) is 5.80. The Morgan fingerprint density at radius 1 is 0.905 bits per heavy atom. The fourth-order valence-corrected chi connectivity index (χ4v) is 4.34. The van der Waals surface area contributed by atoms with Crippen LogP contribution in [0.1, 0.15) is 63.4 Å². The molecule has 0 heterocycles. The molecule has 2 aliphatic carbocycles. The lowest BCUT2D eigenvalue weighted by molar-refractivity contribution is 0.225. The SMILES string of the molecule is NCC1(c2ccccc2)CCC(NC2CCCCC2)CC1. The topological polar surface area (TPSA) is 38.0 Å². The van der Waals surface area contributed by atoms with Crippen LogP contribution in [0.2, 0.25) is 0 Å². The van der Waals surface area contributed by atoms with Crippen molar-refractivity contribution in [2.45, 2.75) is 75.3 Å². The quantitative estimate of drug-likeness (QED) is 0.884. The van der Waals surface area contributed by atoms with Crippen LogP contribution in [-0.4, -0.2) is 18.6 Å². The molecule has 1 aromatic rings. The molecule has 0 bridgehead atoms. The zero-order chi connectivity index (χ0) is 14.5. The van der Waals surface area contributed by atoms with Crippen LogP contribution in [0.3, 0.4) is 0 Å². The summed E-state index contributed by atoms with van der Waals surface area (Å²) in [5.41, 5.74) is 7.86. The molecular formula is C19H30N2. The number of rotatable bonds is 4. The maximum absolute atomic E-state index is 6.18. The summed E-state index contributed by atoms with van der Waals surface area (Å²) in [6.07, 6.45) is 12.1. The molecule has 0 radical (unpaired) electrons. The Labute approximate surface area is 129 Å². The van der Waals surface area contributed by atoms with Crippen LogP contribution in [0, 0.1) is 0 Å². The van der Waals surface area contributed by atoms with Crippen LogP contribution >= 0.6 is 0 Å². The molecule has 1 aromatic carbocycles. The summed E-state index contributed by atoms with van der Waals surface area (Å²) in [4.78, 5) is 0. The van der Waals surface area contributed by atoms with E-state index in [9.17, 15) is 0 Å². The van der Waals surface area contributed by atoms with Gasteiger partial charge in [-0.1, -0.05) is 49.6 Å². The number of benzene rings is 1. The van der Waals surface area contributed by atoms with E-state index in [0.29, 0.717) is 0 Å². The van der Waals surface area contributed by atoms with Crippen molar-refractivity contribution in [2.75, 3.05) is 6.54 Å². The summed E-state index contributed by atoms with van der Waals surface area (Å²) >= 11 is 0. The molecule has 21 heavy (non-hydrogen) atoms. The molecule has 2 aliphatic rings. The van der Waals surface area contributed by atoms with Gasteiger partial charge >= 0.3 is 0 Å². The maximum atomic E-state index is 6.18. The van der Waals surface area contributed by atoms with Gasteiger partial charge in [-0.05, 0) is 44.1 Å². The molecule has 0 unspecified atom stereocenters. The highest BCUT2D eigenvalue weighted by Gasteiger charge is 2.36. The van der Waals surface area contributed by atoms with E-state index >= 15 is 0 Å². The molecular weight excluding hydrogens is 256 g/mol. The van der Waals surface area contributed by atoms with Gasteiger partial charge < -0.3 is 11.1 Å². The first-order valence-corrected chi connectivity index (χ1v) is 8.84. The van der Waals surface area contributed by atoms with Crippen LogP contribution in [0.25, 0.3) is 0 Å². The van der Waals surface area contributed by atoms with E-state index in [0.717, 1.165) is 18.6 Å². The zero-order valence-electron chi connectivity index (χ0n) is 13.2. The highest BCUT2D eigenvalue weighted by Crippen LogP contribution is 2.39. The standard InChI is InChI=1S/C19H30N2/c20-15-19(16-7-3-1-4-8-16)13-11-18(12-14-19)21-17-9-5-2-6-10-17/h1,3-4,7-8,17-18,21H,2,5-6,9-15,20H2. The highest BCUT2D eigenvalue weighted by molar-refractivity contribution is 5.26. The van der Waals surface area contributed by atoms with Crippen molar-refractivity contribution in [3.8, 4) is 0 Å². The van der Waals surface area contributed by atoms with Gasteiger partial charge in [0, 0.05) is 24.0 Å². The molecule has 2 nitrogen and oxygen atoms in total. The van der Waals surface area contributed by atoms with Crippen molar-refractivity contribution in [3.05, 3.63) is 35.9 Å². The molecule has 2 fully saturated rings. The Bertz CT molecular complexity index is 414. The molecule has 0 aliphatic heterocycles. The molecule has 2 heteroatoms. The van der Waals surface area contributed by atoms with E-state index in [1.54, 1.807) is 0 Å². The number of hydrogen-bond acceptors (Lipinski definition) is 2. The van der Waals surface area contributed by atoms with Crippen molar-refractivity contribution >= 4 is 0 Å². The van der Waals surface area contributed by atoms with Crippen LogP contribution in [-0.2, 0) is 5.41 Å². The number of nitrogens with two attached hydrogens (primary N) is 1. The van der Waals surface area contributed by atoms with Gasteiger partial charge in [0.15, 0.2) is 0 Å². The Kier molecular flexibility index (Phi) is 4.97. The maximum Gasteiger partial charge on any atom is 0.00767 e. The lowest BCUT2D eigenvalue weighted by Gasteiger charge is -2.41. The summed E-state index contributed by atoms with van der Waals surface area (Å²) in [7, 11) is 0. The largest absolute Gasteiger partial charge is 0.330 e. The Hall–Kier alpha value is -0.860. The Balaban J connectivity index is 1.58. The van der Waals surface area contributed by atoms with Gasteiger partial charge in [0.2, 0.25) is 0 Å². The second-order valence-corrected chi connectivity index (χ2v) is 7.13. The Morgan fingerprint density at radius 3 is 2.14 bits per heavy atom. The lowest BCUT2D eigenvalue weighted by atomic mass is 9.68. The smallest absolute Gasteiger partial charge is 0.00767 e.